The van der Waals surface area contributed by atoms with Gasteiger partial charge in [0.05, 0.1) is 6.42 Å². The van der Waals surface area contributed by atoms with Gasteiger partial charge in [0.15, 0.2) is 0 Å². The van der Waals surface area contributed by atoms with Crippen LogP contribution in [0.25, 0.3) is 0 Å². The predicted molar refractivity (Wildman–Crippen MR) is 107 cm³/mol. The standard InChI is InChI=1S/C19H27N3O4S2/c23-17(20-10-12-21(13-11-20)19(24)15-4-3-5-15)14-16-6-7-18(27-16)28(25,26)22-8-1-2-9-22/h6-7,15H,1-5,8-14H2. The molecule has 0 unspecified atom stereocenters. The highest BCUT2D eigenvalue weighted by molar-refractivity contribution is 7.91. The Morgan fingerprint density at radius 1 is 0.929 bits per heavy atom. The fourth-order valence-electron chi connectivity index (χ4n) is 4.00. The summed E-state index contributed by atoms with van der Waals surface area (Å²) in [5.41, 5.74) is 0. The minimum absolute atomic E-state index is 0.00251. The zero-order valence-corrected chi connectivity index (χ0v) is 17.6. The summed E-state index contributed by atoms with van der Waals surface area (Å²) in [6, 6.07) is 3.37. The van der Waals surface area contributed by atoms with E-state index in [-0.39, 0.29) is 24.2 Å². The molecular weight excluding hydrogens is 398 g/mol. The van der Waals surface area contributed by atoms with E-state index in [1.807, 2.05) is 4.90 Å². The molecule has 9 heteroatoms. The number of nitrogens with zero attached hydrogens (tertiary/aromatic N) is 3. The molecular formula is C19H27N3O4S2. The summed E-state index contributed by atoms with van der Waals surface area (Å²) in [5, 5.41) is 0. The van der Waals surface area contributed by atoms with Gasteiger partial charge in [-0.15, -0.1) is 11.3 Å². The number of hydrogen-bond acceptors (Lipinski definition) is 5. The Morgan fingerprint density at radius 2 is 1.57 bits per heavy atom. The van der Waals surface area contributed by atoms with Crippen molar-refractivity contribution in [1.29, 1.82) is 0 Å². The van der Waals surface area contributed by atoms with Crippen LogP contribution in [0.2, 0.25) is 0 Å². The maximum atomic E-state index is 12.6. The first kappa shape index (κ1) is 19.8. The highest BCUT2D eigenvalue weighted by atomic mass is 32.2. The van der Waals surface area contributed by atoms with Crippen LogP contribution in [0.3, 0.4) is 0 Å². The second-order valence-electron chi connectivity index (χ2n) is 7.84. The summed E-state index contributed by atoms with van der Waals surface area (Å²) in [7, 11) is -3.42. The van der Waals surface area contributed by atoms with Gasteiger partial charge in [0.25, 0.3) is 10.0 Å². The molecule has 0 bridgehead atoms. The molecule has 3 heterocycles. The van der Waals surface area contributed by atoms with E-state index in [1.165, 1.54) is 15.6 Å². The highest BCUT2D eigenvalue weighted by Crippen LogP contribution is 2.29. The van der Waals surface area contributed by atoms with Crippen LogP contribution in [0, 0.1) is 5.92 Å². The van der Waals surface area contributed by atoms with E-state index in [1.54, 1.807) is 17.0 Å². The molecule has 154 valence electrons. The third kappa shape index (κ3) is 3.97. The van der Waals surface area contributed by atoms with Crippen molar-refractivity contribution in [3.63, 3.8) is 0 Å². The van der Waals surface area contributed by atoms with Crippen molar-refractivity contribution in [3.8, 4) is 0 Å². The monoisotopic (exact) mass is 425 g/mol. The number of rotatable bonds is 5. The number of sulfonamides is 1. The van der Waals surface area contributed by atoms with Crippen LogP contribution in [0.15, 0.2) is 16.3 Å². The summed E-state index contributed by atoms with van der Waals surface area (Å²) in [6.07, 6.45) is 5.18. The molecule has 2 amide bonds. The summed E-state index contributed by atoms with van der Waals surface area (Å²) < 4.78 is 27.1. The van der Waals surface area contributed by atoms with Crippen molar-refractivity contribution >= 4 is 33.2 Å². The van der Waals surface area contributed by atoms with Gasteiger partial charge >= 0.3 is 0 Å². The first-order chi connectivity index (χ1) is 13.4. The fourth-order valence-corrected chi connectivity index (χ4v) is 7.02. The number of carbonyl (C=O) groups is 2. The smallest absolute Gasteiger partial charge is 0.252 e. The van der Waals surface area contributed by atoms with Crippen LogP contribution >= 0.6 is 11.3 Å². The predicted octanol–water partition coefficient (Wildman–Crippen LogP) is 1.55. The van der Waals surface area contributed by atoms with Crippen LogP contribution in [0.5, 0.6) is 0 Å². The minimum atomic E-state index is -3.42. The lowest BCUT2D eigenvalue weighted by molar-refractivity contribution is -0.143. The van der Waals surface area contributed by atoms with Crippen molar-refractivity contribution < 1.29 is 18.0 Å². The molecule has 0 aromatic carbocycles. The van der Waals surface area contributed by atoms with Gasteiger partial charge in [-0.05, 0) is 37.8 Å². The number of carbonyl (C=O) groups excluding carboxylic acids is 2. The van der Waals surface area contributed by atoms with E-state index in [0.29, 0.717) is 43.5 Å². The number of hydrogen-bond donors (Lipinski definition) is 0. The average Bonchev–Trinajstić information content (AvgIpc) is 3.33. The van der Waals surface area contributed by atoms with E-state index in [2.05, 4.69) is 0 Å². The second kappa shape index (κ2) is 8.12. The van der Waals surface area contributed by atoms with Crippen molar-refractivity contribution in [3.05, 3.63) is 17.0 Å². The Bertz CT molecular complexity index is 833. The maximum absolute atomic E-state index is 12.6. The largest absolute Gasteiger partial charge is 0.339 e. The molecule has 1 aromatic rings. The summed E-state index contributed by atoms with van der Waals surface area (Å²) >= 11 is 1.20. The van der Waals surface area contributed by atoms with Gasteiger partial charge in [-0.25, -0.2) is 8.42 Å². The SMILES string of the molecule is O=C(Cc1ccc(S(=O)(=O)N2CCCC2)s1)N1CCN(C(=O)C2CCC2)CC1. The molecule has 0 atom stereocenters. The Hall–Kier alpha value is -1.45. The quantitative estimate of drug-likeness (QED) is 0.717. The summed E-state index contributed by atoms with van der Waals surface area (Å²) in [4.78, 5) is 29.4. The van der Waals surface area contributed by atoms with Crippen LogP contribution in [0.1, 0.15) is 37.0 Å². The van der Waals surface area contributed by atoms with Crippen LogP contribution in [-0.2, 0) is 26.0 Å². The normalized spacial score (nSPS) is 21.7. The Labute approximate surface area is 170 Å². The number of amides is 2. The molecule has 0 spiro atoms. The molecule has 3 fully saturated rings. The van der Waals surface area contributed by atoms with E-state index >= 15 is 0 Å². The van der Waals surface area contributed by atoms with E-state index in [9.17, 15) is 18.0 Å². The van der Waals surface area contributed by atoms with E-state index in [4.69, 9.17) is 0 Å². The lowest BCUT2D eigenvalue weighted by atomic mass is 9.84. The zero-order valence-electron chi connectivity index (χ0n) is 16.0. The number of piperazine rings is 1. The fraction of sp³-hybridized carbons (Fsp3) is 0.684. The van der Waals surface area contributed by atoms with Crippen LogP contribution in [0.4, 0.5) is 0 Å². The minimum Gasteiger partial charge on any atom is -0.339 e. The van der Waals surface area contributed by atoms with Crippen molar-refractivity contribution in [1.82, 2.24) is 14.1 Å². The first-order valence-corrected chi connectivity index (χ1v) is 12.4. The average molecular weight is 426 g/mol. The molecule has 4 rings (SSSR count). The Kier molecular flexibility index (Phi) is 5.76. The zero-order chi connectivity index (χ0) is 19.7. The van der Waals surface area contributed by atoms with Crippen molar-refractivity contribution in [2.24, 2.45) is 5.92 Å². The van der Waals surface area contributed by atoms with Gasteiger partial charge in [0.1, 0.15) is 4.21 Å². The lowest BCUT2D eigenvalue weighted by Crippen LogP contribution is -2.52. The molecule has 3 aliphatic rings. The molecule has 1 aliphatic carbocycles. The van der Waals surface area contributed by atoms with Crippen LogP contribution < -0.4 is 0 Å². The van der Waals surface area contributed by atoms with Gasteiger partial charge in [0, 0.05) is 50.1 Å². The van der Waals surface area contributed by atoms with E-state index < -0.39 is 10.0 Å². The molecule has 28 heavy (non-hydrogen) atoms. The first-order valence-electron chi connectivity index (χ1n) is 10.1. The highest BCUT2D eigenvalue weighted by Gasteiger charge is 2.32. The molecule has 0 N–H and O–H groups in total. The van der Waals surface area contributed by atoms with Crippen molar-refractivity contribution in [2.75, 3.05) is 39.3 Å². The van der Waals surface area contributed by atoms with E-state index in [0.717, 1.165) is 37.0 Å². The van der Waals surface area contributed by atoms with Gasteiger partial charge < -0.3 is 9.80 Å². The third-order valence-corrected chi connectivity index (χ3v) is 9.47. The lowest BCUT2D eigenvalue weighted by Gasteiger charge is -2.38. The van der Waals surface area contributed by atoms with Gasteiger partial charge in [-0.3, -0.25) is 9.59 Å². The van der Waals surface area contributed by atoms with Crippen LogP contribution in [-0.4, -0.2) is 73.6 Å². The second-order valence-corrected chi connectivity index (χ2v) is 11.2. The molecule has 0 radical (unpaired) electrons. The van der Waals surface area contributed by atoms with Gasteiger partial charge in [-0.2, -0.15) is 4.31 Å². The molecule has 1 saturated carbocycles. The third-order valence-electron chi connectivity index (χ3n) is 6.02. The molecule has 7 nitrogen and oxygen atoms in total. The Morgan fingerprint density at radius 3 is 2.18 bits per heavy atom. The van der Waals surface area contributed by atoms with Crippen molar-refractivity contribution in [2.45, 2.75) is 42.7 Å². The molecule has 1 aromatic heterocycles. The van der Waals surface area contributed by atoms with Gasteiger partial charge in [0.2, 0.25) is 11.8 Å². The topological polar surface area (TPSA) is 78.0 Å². The Balaban J connectivity index is 1.31. The number of thiophene rings is 1. The molecule has 2 saturated heterocycles. The molecule has 2 aliphatic heterocycles. The van der Waals surface area contributed by atoms with Gasteiger partial charge in [-0.1, -0.05) is 6.42 Å². The summed E-state index contributed by atoms with van der Waals surface area (Å²) in [6.45, 7) is 3.47. The summed E-state index contributed by atoms with van der Waals surface area (Å²) in [5.74, 6) is 0.445. The maximum Gasteiger partial charge on any atom is 0.252 e.